The second-order valence-corrected chi connectivity index (χ2v) is 10.5. The third kappa shape index (κ3) is 8.96. The number of ether oxygens (including phenoxy) is 1. The molecule has 9 nitrogen and oxygen atoms in total. The van der Waals surface area contributed by atoms with E-state index in [0.717, 1.165) is 5.56 Å². The molecule has 1 aromatic rings. The van der Waals surface area contributed by atoms with Gasteiger partial charge in [-0.15, -0.1) is 0 Å². The number of carboxylic acid groups (broad SMARTS) is 1. The first-order valence-corrected chi connectivity index (χ1v) is 12.0. The lowest BCUT2D eigenvalue weighted by molar-refractivity contribution is -0.155. The van der Waals surface area contributed by atoms with Crippen molar-refractivity contribution in [1.29, 1.82) is 0 Å². The molecule has 0 radical (unpaired) electrons. The van der Waals surface area contributed by atoms with Crippen molar-refractivity contribution < 1.29 is 32.6 Å². The molecule has 0 aliphatic rings. The van der Waals surface area contributed by atoms with E-state index in [0.29, 0.717) is 6.42 Å². The Balaban J connectivity index is 3.11. The summed E-state index contributed by atoms with van der Waals surface area (Å²) < 4.78 is 33.2. The SMILES string of the molecule is CCC(C)C(NC(=O)[C@H](CCC(=O)OC(C)(C)C)NS(=O)(=O)c1ccc(C)cc1)C(=O)O. The van der Waals surface area contributed by atoms with E-state index < -0.39 is 45.6 Å². The van der Waals surface area contributed by atoms with Crippen molar-refractivity contribution in [1.82, 2.24) is 10.0 Å². The highest BCUT2D eigenvalue weighted by molar-refractivity contribution is 7.89. The van der Waals surface area contributed by atoms with E-state index in [2.05, 4.69) is 10.0 Å². The summed E-state index contributed by atoms with van der Waals surface area (Å²) in [5, 5.41) is 11.9. The van der Waals surface area contributed by atoms with Crippen molar-refractivity contribution in [2.45, 2.75) is 83.4 Å². The standard InChI is InChI=1S/C22H34N2O7S/c1-7-15(3)19(21(27)28)23-20(26)17(12-13-18(25)31-22(4,5)6)24-32(29,30)16-10-8-14(2)9-11-16/h8-11,15,17,19,24H,7,12-13H2,1-6H3,(H,23,26)(H,27,28)/t15?,17-,19?/m0/s1. The van der Waals surface area contributed by atoms with E-state index in [1.165, 1.54) is 12.1 Å². The highest BCUT2D eigenvalue weighted by Gasteiger charge is 2.32. The van der Waals surface area contributed by atoms with Gasteiger partial charge in [0.25, 0.3) is 0 Å². The molecule has 0 saturated carbocycles. The Morgan fingerprint density at radius 3 is 2.16 bits per heavy atom. The van der Waals surface area contributed by atoms with Crippen LogP contribution in [0.4, 0.5) is 0 Å². The number of aryl methyl sites for hydroxylation is 1. The number of aliphatic carboxylic acids is 1. The van der Waals surface area contributed by atoms with Crippen molar-refractivity contribution in [2.24, 2.45) is 5.92 Å². The molecule has 180 valence electrons. The van der Waals surface area contributed by atoms with Crippen LogP contribution in [0.3, 0.4) is 0 Å². The van der Waals surface area contributed by atoms with Crippen LogP contribution in [0, 0.1) is 12.8 Å². The summed E-state index contributed by atoms with van der Waals surface area (Å²) in [5.74, 6) is -3.02. The molecule has 0 aromatic heterocycles. The number of rotatable bonds is 11. The fourth-order valence-electron chi connectivity index (χ4n) is 2.81. The molecule has 0 aliphatic carbocycles. The lowest BCUT2D eigenvalue weighted by atomic mass is 9.98. The first-order chi connectivity index (χ1) is 14.7. The number of amides is 1. The molecule has 32 heavy (non-hydrogen) atoms. The number of carbonyl (C=O) groups excluding carboxylic acids is 2. The molecule has 2 unspecified atom stereocenters. The van der Waals surface area contributed by atoms with E-state index in [4.69, 9.17) is 4.74 Å². The van der Waals surface area contributed by atoms with Crippen LogP contribution in [0.25, 0.3) is 0 Å². The van der Waals surface area contributed by atoms with Gasteiger partial charge < -0.3 is 15.2 Å². The Morgan fingerprint density at radius 1 is 1.12 bits per heavy atom. The van der Waals surface area contributed by atoms with Crippen molar-refractivity contribution in [3.8, 4) is 0 Å². The second-order valence-electron chi connectivity index (χ2n) is 8.82. The number of hydrogen-bond acceptors (Lipinski definition) is 6. The highest BCUT2D eigenvalue weighted by atomic mass is 32.2. The maximum absolute atomic E-state index is 12.9. The quantitative estimate of drug-likeness (QED) is 0.422. The average molecular weight is 471 g/mol. The molecule has 0 fully saturated rings. The molecule has 0 aliphatic heterocycles. The topological polar surface area (TPSA) is 139 Å². The number of hydrogen-bond donors (Lipinski definition) is 3. The summed E-state index contributed by atoms with van der Waals surface area (Å²) in [4.78, 5) is 36.5. The van der Waals surface area contributed by atoms with Crippen molar-refractivity contribution in [3.63, 3.8) is 0 Å². The molecule has 3 N–H and O–H groups in total. The molecule has 10 heteroatoms. The highest BCUT2D eigenvalue weighted by Crippen LogP contribution is 2.15. The van der Waals surface area contributed by atoms with Crippen LogP contribution in [-0.4, -0.2) is 49.1 Å². The molecule has 0 spiro atoms. The minimum atomic E-state index is -4.10. The summed E-state index contributed by atoms with van der Waals surface area (Å²) in [5.41, 5.74) is 0.127. The maximum atomic E-state index is 12.9. The molecule has 3 atom stereocenters. The smallest absolute Gasteiger partial charge is 0.326 e. The Kier molecular flexibility index (Phi) is 9.84. The summed E-state index contributed by atoms with van der Waals surface area (Å²) in [6.45, 7) is 10.3. The zero-order chi connectivity index (χ0) is 24.7. The lowest BCUT2D eigenvalue weighted by Crippen LogP contribution is -2.53. The third-order valence-corrected chi connectivity index (χ3v) is 6.27. The summed E-state index contributed by atoms with van der Waals surface area (Å²) in [6.07, 6.45) is 0.0699. The average Bonchev–Trinajstić information content (AvgIpc) is 2.67. The van der Waals surface area contributed by atoms with Crippen LogP contribution in [-0.2, 0) is 29.1 Å². The van der Waals surface area contributed by atoms with Crippen molar-refractivity contribution in [2.75, 3.05) is 0 Å². The van der Waals surface area contributed by atoms with Crippen molar-refractivity contribution >= 4 is 27.9 Å². The van der Waals surface area contributed by atoms with Gasteiger partial charge >= 0.3 is 11.9 Å². The number of carboxylic acids is 1. The zero-order valence-electron chi connectivity index (χ0n) is 19.5. The first kappa shape index (κ1) is 27.6. The number of nitrogens with one attached hydrogen (secondary N) is 2. The number of sulfonamides is 1. The molecular weight excluding hydrogens is 436 g/mol. The first-order valence-electron chi connectivity index (χ1n) is 10.5. The van der Waals surface area contributed by atoms with E-state index in [1.807, 2.05) is 6.92 Å². The molecular formula is C22H34N2O7S. The van der Waals surface area contributed by atoms with Crippen LogP contribution >= 0.6 is 0 Å². The molecule has 0 saturated heterocycles. The lowest BCUT2D eigenvalue weighted by Gasteiger charge is -2.25. The van der Waals surface area contributed by atoms with Gasteiger partial charge in [0, 0.05) is 6.42 Å². The van der Waals surface area contributed by atoms with E-state index >= 15 is 0 Å². The third-order valence-electron chi connectivity index (χ3n) is 4.78. The zero-order valence-corrected chi connectivity index (χ0v) is 20.3. The van der Waals surface area contributed by atoms with Gasteiger partial charge in [-0.2, -0.15) is 4.72 Å². The Bertz CT molecular complexity index is 905. The summed E-state index contributed by atoms with van der Waals surface area (Å²) in [7, 11) is -4.10. The van der Waals surface area contributed by atoms with Gasteiger partial charge in [-0.05, 0) is 52.2 Å². The van der Waals surface area contributed by atoms with Gasteiger partial charge in [0.05, 0.1) is 4.90 Å². The summed E-state index contributed by atoms with van der Waals surface area (Å²) in [6, 6.07) is 3.49. The molecule has 0 heterocycles. The van der Waals surface area contributed by atoms with Gasteiger partial charge in [0.15, 0.2) is 0 Å². The normalized spacial score (nSPS) is 14.8. The number of benzene rings is 1. The monoisotopic (exact) mass is 470 g/mol. The molecule has 1 rings (SSSR count). The minimum absolute atomic E-state index is 0.0464. The fourth-order valence-corrected chi connectivity index (χ4v) is 4.04. The second kappa shape index (κ2) is 11.4. The summed E-state index contributed by atoms with van der Waals surface area (Å²) >= 11 is 0. The fraction of sp³-hybridized carbons (Fsp3) is 0.591. The molecule has 0 bridgehead atoms. The molecule has 1 amide bonds. The number of carbonyl (C=O) groups is 3. The predicted molar refractivity (Wildman–Crippen MR) is 119 cm³/mol. The van der Waals surface area contributed by atoms with Crippen LogP contribution in [0.2, 0.25) is 0 Å². The Labute approximate surface area is 190 Å². The van der Waals surface area contributed by atoms with Gasteiger partial charge in [-0.3, -0.25) is 9.59 Å². The van der Waals surface area contributed by atoms with E-state index in [9.17, 15) is 27.9 Å². The van der Waals surface area contributed by atoms with Gasteiger partial charge in [-0.25, -0.2) is 13.2 Å². The van der Waals surface area contributed by atoms with Gasteiger partial charge in [-0.1, -0.05) is 38.0 Å². The minimum Gasteiger partial charge on any atom is -0.480 e. The van der Waals surface area contributed by atoms with Gasteiger partial charge in [0.1, 0.15) is 17.7 Å². The van der Waals surface area contributed by atoms with E-state index in [-0.39, 0.29) is 23.7 Å². The van der Waals surface area contributed by atoms with Crippen LogP contribution in [0.1, 0.15) is 59.4 Å². The molecule has 1 aromatic carbocycles. The number of esters is 1. The van der Waals surface area contributed by atoms with Crippen LogP contribution in [0.5, 0.6) is 0 Å². The van der Waals surface area contributed by atoms with Gasteiger partial charge in [0.2, 0.25) is 15.9 Å². The van der Waals surface area contributed by atoms with Crippen molar-refractivity contribution in [3.05, 3.63) is 29.8 Å². The predicted octanol–water partition coefficient (Wildman–Crippen LogP) is 2.38. The Morgan fingerprint density at radius 2 is 1.69 bits per heavy atom. The van der Waals surface area contributed by atoms with Crippen LogP contribution in [0.15, 0.2) is 29.2 Å². The Hall–Kier alpha value is -2.46. The van der Waals surface area contributed by atoms with Crippen LogP contribution < -0.4 is 10.0 Å². The van der Waals surface area contributed by atoms with E-state index in [1.54, 1.807) is 46.8 Å². The largest absolute Gasteiger partial charge is 0.480 e. The maximum Gasteiger partial charge on any atom is 0.326 e.